The van der Waals surface area contributed by atoms with Gasteiger partial charge in [-0.2, -0.15) is 4.98 Å². The Hall–Kier alpha value is -0.940. The first-order chi connectivity index (χ1) is 12.8. The van der Waals surface area contributed by atoms with Crippen LogP contribution >= 0.6 is 24.0 Å². The third-order valence-corrected chi connectivity index (χ3v) is 4.18. The summed E-state index contributed by atoms with van der Waals surface area (Å²) in [6.07, 6.45) is 4.85. The molecule has 0 aromatic carbocycles. The second-order valence-corrected chi connectivity index (χ2v) is 6.51. The second kappa shape index (κ2) is 15.0. The third-order valence-electron chi connectivity index (χ3n) is 4.18. The summed E-state index contributed by atoms with van der Waals surface area (Å²) in [5.41, 5.74) is 0. The van der Waals surface area contributed by atoms with Crippen LogP contribution in [-0.2, 0) is 15.9 Å². The van der Waals surface area contributed by atoms with Crippen LogP contribution < -0.4 is 10.6 Å². The van der Waals surface area contributed by atoms with Gasteiger partial charge in [0, 0.05) is 52.5 Å². The molecule has 8 nitrogen and oxygen atoms in total. The molecule has 1 aliphatic rings. The summed E-state index contributed by atoms with van der Waals surface area (Å²) in [5.74, 6) is 2.87. The number of aryl methyl sites for hydroxylation is 2. The highest BCUT2D eigenvalue weighted by Crippen LogP contribution is 2.14. The number of aliphatic imine (C=N–C) groups is 1. The van der Waals surface area contributed by atoms with E-state index in [2.05, 4.69) is 32.7 Å². The van der Waals surface area contributed by atoms with Crippen LogP contribution in [0.2, 0.25) is 0 Å². The molecule has 9 heteroatoms. The highest BCUT2D eigenvalue weighted by molar-refractivity contribution is 14.0. The minimum Gasteiger partial charge on any atom is -0.381 e. The molecular weight excluding hydrogens is 461 g/mol. The van der Waals surface area contributed by atoms with E-state index < -0.39 is 0 Å². The Morgan fingerprint density at radius 3 is 2.78 bits per heavy atom. The van der Waals surface area contributed by atoms with Gasteiger partial charge in [0.1, 0.15) is 0 Å². The smallest absolute Gasteiger partial charge is 0.226 e. The zero-order valence-corrected chi connectivity index (χ0v) is 18.9. The van der Waals surface area contributed by atoms with Crippen molar-refractivity contribution >= 4 is 29.9 Å². The van der Waals surface area contributed by atoms with Gasteiger partial charge >= 0.3 is 0 Å². The fourth-order valence-corrected chi connectivity index (χ4v) is 2.75. The Balaban J connectivity index is 0.00000364. The molecule has 0 unspecified atom stereocenters. The van der Waals surface area contributed by atoms with E-state index in [1.54, 1.807) is 0 Å². The van der Waals surface area contributed by atoms with Crippen LogP contribution in [0.3, 0.4) is 0 Å². The number of nitrogens with one attached hydrogen (secondary N) is 2. The molecule has 0 aliphatic carbocycles. The largest absolute Gasteiger partial charge is 0.381 e. The van der Waals surface area contributed by atoms with Gasteiger partial charge in [-0.3, -0.25) is 4.99 Å². The molecular formula is C18H34IN5O3. The van der Waals surface area contributed by atoms with Crippen molar-refractivity contribution in [3.63, 3.8) is 0 Å². The molecule has 1 saturated heterocycles. The lowest BCUT2D eigenvalue weighted by atomic mass is 10.0. The predicted molar refractivity (Wildman–Crippen MR) is 116 cm³/mol. The van der Waals surface area contributed by atoms with Gasteiger partial charge in [-0.15, -0.1) is 24.0 Å². The maximum Gasteiger partial charge on any atom is 0.226 e. The van der Waals surface area contributed by atoms with Gasteiger partial charge < -0.3 is 24.6 Å². The number of halogens is 1. The number of rotatable bonds is 11. The Morgan fingerprint density at radius 1 is 1.26 bits per heavy atom. The molecule has 0 bridgehead atoms. The molecule has 2 heterocycles. The fraction of sp³-hybridized carbons (Fsp3) is 0.833. The minimum atomic E-state index is 0. The van der Waals surface area contributed by atoms with Crippen molar-refractivity contribution in [3.8, 4) is 0 Å². The molecule has 0 spiro atoms. The number of guanidine groups is 1. The zero-order valence-electron chi connectivity index (χ0n) is 16.5. The maximum absolute atomic E-state index is 5.79. The van der Waals surface area contributed by atoms with Crippen molar-refractivity contribution in [3.05, 3.63) is 11.7 Å². The molecule has 0 saturated carbocycles. The maximum atomic E-state index is 5.79. The van der Waals surface area contributed by atoms with Crippen molar-refractivity contribution in [1.82, 2.24) is 20.8 Å². The van der Waals surface area contributed by atoms with Crippen LogP contribution in [0.4, 0.5) is 0 Å². The molecule has 1 aromatic heterocycles. The van der Waals surface area contributed by atoms with Gasteiger partial charge in [-0.05, 0) is 45.4 Å². The van der Waals surface area contributed by atoms with Crippen molar-refractivity contribution in [2.75, 3.05) is 46.1 Å². The van der Waals surface area contributed by atoms with Gasteiger partial charge in [-0.1, -0.05) is 5.16 Å². The van der Waals surface area contributed by atoms with E-state index in [1.165, 1.54) is 0 Å². The summed E-state index contributed by atoms with van der Waals surface area (Å²) >= 11 is 0. The monoisotopic (exact) mass is 495 g/mol. The summed E-state index contributed by atoms with van der Waals surface area (Å²) < 4.78 is 16.3. The van der Waals surface area contributed by atoms with E-state index in [-0.39, 0.29) is 24.0 Å². The van der Waals surface area contributed by atoms with Crippen LogP contribution in [0.5, 0.6) is 0 Å². The average molecular weight is 495 g/mol. The fourth-order valence-electron chi connectivity index (χ4n) is 2.75. The Morgan fingerprint density at radius 2 is 2.07 bits per heavy atom. The Labute approximate surface area is 179 Å². The zero-order chi connectivity index (χ0) is 18.5. The molecule has 2 rings (SSSR count). The van der Waals surface area contributed by atoms with Crippen LogP contribution in [0.25, 0.3) is 0 Å². The number of hydrogen-bond acceptors (Lipinski definition) is 6. The van der Waals surface area contributed by atoms with E-state index in [4.69, 9.17) is 14.0 Å². The molecule has 0 radical (unpaired) electrons. The Bertz CT molecular complexity index is 521. The summed E-state index contributed by atoms with van der Waals surface area (Å²) in [7, 11) is 0. The number of ether oxygens (including phenoxy) is 2. The van der Waals surface area contributed by atoms with Gasteiger partial charge in [0.2, 0.25) is 5.89 Å². The summed E-state index contributed by atoms with van der Waals surface area (Å²) in [4.78, 5) is 8.77. The molecule has 0 atom stereocenters. The standard InChI is InChI=1S/C18H33N5O3.HI/c1-3-19-18(20-9-4-6-17-22-15(2)23-26-17)21-10-5-11-25-14-16-7-12-24-13-8-16;/h16H,3-14H2,1-2H3,(H2,19,20,21);1H. The third kappa shape index (κ3) is 10.8. The van der Waals surface area contributed by atoms with Gasteiger partial charge in [0.05, 0.1) is 0 Å². The predicted octanol–water partition coefficient (Wildman–Crippen LogP) is 2.32. The topological polar surface area (TPSA) is 93.8 Å². The lowest BCUT2D eigenvalue weighted by Crippen LogP contribution is -2.38. The number of hydrogen-bond donors (Lipinski definition) is 2. The van der Waals surface area contributed by atoms with Crippen molar-refractivity contribution < 1.29 is 14.0 Å². The summed E-state index contributed by atoms with van der Waals surface area (Å²) in [6.45, 7) is 9.69. The van der Waals surface area contributed by atoms with Crippen molar-refractivity contribution in [2.24, 2.45) is 10.9 Å². The first-order valence-corrected chi connectivity index (χ1v) is 9.74. The van der Waals surface area contributed by atoms with E-state index >= 15 is 0 Å². The molecule has 1 fully saturated rings. The van der Waals surface area contributed by atoms with Crippen LogP contribution in [0.15, 0.2) is 9.52 Å². The Kier molecular flexibility index (Phi) is 13.4. The summed E-state index contributed by atoms with van der Waals surface area (Å²) in [5, 5.41) is 10.4. The van der Waals surface area contributed by atoms with Crippen LogP contribution in [0, 0.1) is 12.8 Å². The van der Waals surface area contributed by atoms with Gasteiger partial charge in [-0.25, -0.2) is 0 Å². The lowest BCUT2D eigenvalue weighted by Gasteiger charge is -2.21. The summed E-state index contributed by atoms with van der Waals surface area (Å²) in [6, 6.07) is 0. The quantitative estimate of drug-likeness (QED) is 0.211. The molecule has 0 amide bonds. The number of nitrogens with zero attached hydrogens (tertiary/aromatic N) is 3. The molecule has 1 aromatic rings. The highest BCUT2D eigenvalue weighted by Gasteiger charge is 2.13. The van der Waals surface area contributed by atoms with Crippen molar-refractivity contribution in [1.29, 1.82) is 0 Å². The first-order valence-electron chi connectivity index (χ1n) is 9.74. The molecule has 2 N–H and O–H groups in total. The number of aromatic nitrogens is 2. The molecule has 1 aliphatic heterocycles. The second-order valence-electron chi connectivity index (χ2n) is 6.51. The average Bonchev–Trinajstić information content (AvgIpc) is 3.07. The van der Waals surface area contributed by atoms with Crippen LogP contribution in [-0.4, -0.2) is 62.2 Å². The lowest BCUT2D eigenvalue weighted by molar-refractivity contribution is 0.0203. The van der Waals surface area contributed by atoms with E-state index in [0.29, 0.717) is 17.6 Å². The normalized spacial score (nSPS) is 15.4. The van der Waals surface area contributed by atoms with E-state index in [9.17, 15) is 0 Å². The SMILES string of the molecule is CCNC(=NCCCc1nc(C)no1)NCCCOCC1CCOCC1.I. The van der Waals surface area contributed by atoms with Gasteiger partial charge in [0.15, 0.2) is 11.8 Å². The van der Waals surface area contributed by atoms with Gasteiger partial charge in [0.25, 0.3) is 0 Å². The first kappa shape index (κ1) is 24.1. The van der Waals surface area contributed by atoms with E-state index in [1.807, 2.05) is 6.92 Å². The minimum absolute atomic E-state index is 0. The molecule has 27 heavy (non-hydrogen) atoms. The highest BCUT2D eigenvalue weighted by atomic mass is 127. The van der Waals surface area contributed by atoms with E-state index in [0.717, 1.165) is 84.1 Å². The van der Waals surface area contributed by atoms with Crippen molar-refractivity contribution in [2.45, 2.75) is 46.0 Å². The van der Waals surface area contributed by atoms with Crippen LogP contribution in [0.1, 0.15) is 44.3 Å². The molecule has 156 valence electrons.